The molecule has 0 aliphatic carbocycles. The Balaban J connectivity index is 3.73. The molecule has 6 heteroatoms. The first-order valence-electron chi connectivity index (χ1n) is 3.24. The van der Waals surface area contributed by atoms with Crippen molar-refractivity contribution < 1.29 is 19.0 Å². The molecule has 0 aliphatic heterocycles. The van der Waals surface area contributed by atoms with E-state index in [1.54, 1.807) is 6.92 Å². The predicted molar refractivity (Wildman–Crippen MR) is 40.5 cm³/mol. The number of carbonyl (C=O) groups excluding carboxylic acids is 1. The van der Waals surface area contributed by atoms with Gasteiger partial charge >= 0.3 is 5.97 Å². The summed E-state index contributed by atoms with van der Waals surface area (Å²) in [5.41, 5.74) is 0. The highest BCUT2D eigenvalue weighted by molar-refractivity contribution is 7.35. The summed E-state index contributed by atoms with van der Waals surface area (Å²) >= 11 is 0. The second kappa shape index (κ2) is 5.29. The first-order chi connectivity index (χ1) is 5.07. The van der Waals surface area contributed by atoms with Gasteiger partial charge in [0.1, 0.15) is 6.04 Å². The predicted octanol–water partition coefficient (Wildman–Crippen LogP) is -0.0904. The lowest BCUT2D eigenvalue weighted by atomic mass is 10.4. The van der Waals surface area contributed by atoms with Gasteiger partial charge < -0.3 is 9.63 Å². The van der Waals surface area contributed by atoms with Crippen molar-refractivity contribution in [1.29, 1.82) is 0 Å². The molecule has 0 heterocycles. The SMILES string of the molecule is CCOC(=O)C(C)N[PH](=O)O. The Kier molecular flexibility index (Phi) is 5.11. The molecule has 0 aliphatic rings. The summed E-state index contributed by atoms with van der Waals surface area (Å²) in [6.45, 7) is 3.42. The van der Waals surface area contributed by atoms with Crippen LogP contribution in [0.3, 0.4) is 0 Å². The van der Waals surface area contributed by atoms with E-state index >= 15 is 0 Å². The van der Waals surface area contributed by atoms with Crippen molar-refractivity contribution in [2.45, 2.75) is 19.9 Å². The number of hydrogen-bond donors (Lipinski definition) is 2. The van der Waals surface area contributed by atoms with E-state index in [-0.39, 0.29) is 6.61 Å². The lowest BCUT2D eigenvalue weighted by molar-refractivity contribution is -0.144. The summed E-state index contributed by atoms with van der Waals surface area (Å²) in [6.07, 6.45) is 0. The normalized spacial score (nSPS) is 15.5. The third kappa shape index (κ3) is 4.95. The number of esters is 1. The van der Waals surface area contributed by atoms with Crippen molar-refractivity contribution in [1.82, 2.24) is 5.09 Å². The molecule has 5 nitrogen and oxygen atoms in total. The van der Waals surface area contributed by atoms with Crippen LogP contribution in [0, 0.1) is 0 Å². The average Bonchev–Trinajstić information content (AvgIpc) is 1.86. The largest absolute Gasteiger partial charge is 0.465 e. The maximum Gasteiger partial charge on any atom is 0.323 e. The summed E-state index contributed by atoms with van der Waals surface area (Å²) in [7, 11) is -2.80. The summed E-state index contributed by atoms with van der Waals surface area (Å²) in [4.78, 5) is 19.1. The van der Waals surface area contributed by atoms with E-state index in [1.165, 1.54) is 6.92 Å². The maximum atomic E-state index is 10.8. The van der Waals surface area contributed by atoms with Gasteiger partial charge in [0.15, 0.2) is 0 Å². The minimum absolute atomic E-state index is 0.275. The van der Waals surface area contributed by atoms with Crippen molar-refractivity contribution in [3.63, 3.8) is 0 Å². The highest BCUT2D eigenvalue weighted by Crippen LogP contribution is 2.07. The van der Waals surface area contributed by atoms with Gasteiger partial charge in [-0.15, -0.1) is 0 Å². The van der Waals surface area contributed by atoms with Gasteiger partial charge in [-0.2, -0.15) is 0 Å². The quantitative estimate of drug-likeness (QED) is 0.468. The minimum atomic E-state index is -2.80. The van der Waals surface area contributed by atoms with E-state index in [0.29, 0.717) is 0 Å². The zero-order valence-corrected chi connectivity index (χ0v) is 7.46. The van der Waals surface area contributed by atoms with Gasteiger partial charge in [0.2, 0.25) is 0 Å². The van der Waals surface area contributed by atoms with Gasteiger partial charge in [-0.05, 0) is 13.8 Å². The van der Waals surface area contributed by atoms with Crippen LogP contribution in [0.2, 0.25) is 0 Å². The molecule has 2 N–H and O–H groups in total. The Bertz CT molecular complexity index is 161. The van der Waals surface area contributed by atoms with Crippen LogP contribution in [0.15, 0.2) is 0 Å². The summed E-state index contributed by atoms with van der Waals surface area (Å²) in [6, 6.07) is -0.716. The molecule has 0 aromatic rings. The van der Waals surface area contributed by atoms with Crippen LogP contribution < -0.4 is 5.09 Å². The van der Waals surface area contributed by atoms with Crippen molar-refractivity contribution >= 4 is 14.1 Å². The van der Waals surface area contributed by atoms with Gasteiger partial charge in [-0.25, -0.2) is 5.09 Å². The topological polar surface area (TPSA) is 75.6 Å². The Morgan fingerprint density at radius 1 is 1.82 bits per heavy atom. The van der Waals surface area contributed by atoms with Gasteiger partial charge in [0.05, 0.1) is 6.61 Å². The Labute approximate surface area is 65.7 Å². The first kappa shape index (κ1) is 10.6. The number of rotatable bonds is 4. The monoisotopic (exact) mass is 181 g/mol. The molecule has 0 amide bonds. The lowest BCUT2D eigenvalue weighted by Gasteiger charge is -2.08. The molecular weight excluding hydrogens is 169 g/mol. The van der Waals surface area contributed by atoms with Gasteiger partial charge in [0.25, 0.3) is 8.18 Å². The van der Waals surface area contributed by atoms with Crippen LogP contribution in [0.4, 0.5) is 0 Å². The highest BCUT2D eigenvalue weighted by Gasteiger charge is 2.13. The fraction of sp³-hybridized carbons (Fsp3) is 0.800. The zero-order chi connectivity index (χ0) is 8.85. The van der Waals surface area contributed by atoms with Gasteiger partial charge in [0, 0.05) is 0 Å². The molecule has 0 saturated heterocycles. The van der Waals surface area contributed by atoms with Gasteiger partial charge in [-0.3, -0.25) is 9.36 Å². The highest BCUT2D eigenvalue weighted by atomic mass is 31.1. The minimum Gasteiger partial charge on any atom is -0.465 e. The molecule has 2 unspecified atom stereocenters. The van der Waals surface area contributed by atoms with Crippen LogP contribution in [0.25, 0.3) is 0 Å². The van der Waals surface area contributed by atoms with E-state index in [1.807, 2.05) is 0 Å². The summed E-state index contributed by atoms with van der Waals surface area (Å²) < 4.78 is 14.8. The number of carbonyl (C=O) groups is 1. The second-order valence-electron chi connectivity index (χ2n) is 1.92. The molecule has 0 spiro atoms. The molecule has 0 saturated carbocycles. The third-order valence-corrected chi connectivity index (χ3v) is 1.66. The van der Waals surface area contributed by atoms with Crippen molar-refractivity contribution in [2.24, 2.45) is 0 Å². The molecule has 0 radical (unpaired) electrons. The van der Waals surface area contributed by atoms with Crippen LogP contribution in [0.5, 0.6) is 0 Å². The van der Waals surface area contributed by atoms with Crippen molar-refractivity contribution in [2.75, 3.05) is 6.61 Å². The molecule has 66 valence electrons. The summed E-state index contributed by atoms with van der Waals surface area (Å²) in [5, 5.41) is 2.15. The number of hydrogen-bond acceptors (Lipinski definition) is 3. The molecule has 0 aromatic heterocycles. The van der Waals surface area contributed by atoms with E-state index in [4.69, 9.17) is 4.89 Å². The van der Waals surface area contributed by atoms with Crippen LogP contribution >= 0.6 is 8.18 Å². The molecule has 2 atom stereocenters. The average molecular weight is 181 g/mol. The Morgan fingerprint density at radius 2 is 2.36 bits per heavy atom. The second-order valence-corrected chi connectivity index (χ2v) is 2.82. The maximum absolute atomic E-state index is 10.8. The third-order valence-electron chi connectivity index (χ3n) is 0.980. The zero-order valence-electron chi connectivity index (χ0n) is 6.46. The number of nitrogens with one attached hydrogen (secondary N) is 1. The van der Waals surface area contributed by atoms with Crippen LogP contribution in [-0.2, 0) is 14.1 Å². The van der Waals surface area contributed by atoms with Crippen molar-refractivity contribution in [3.8, 4) is 0 Å². The summed E-state index contributed by atoms with van der Waals surface area (Å²) in [5.74, 6) is -0.514. The number of ether oxygens (including phenoxy) is 1. The van der Waals surface area contributed by atoms with E-state index in [2.05, 4.69) is 9.82 Å². The molecule has 0 bridgehead atoms. The lowest BCUT2D eigenvalue weighted by Crippen LogP contribution is -2.30. The Morgan fingerprint density at radius 3 is 2.73 bits per heavy atom. The Hall–Kier alpha value is -0.380. The fourth-order valence-corrected chi connectivity index (χ4v) is 1.000. The molecule has 11 heavy (non-hydrogen) atoms. The van der Waals surface area contributed by atoms with Gasteiger partial charge in [-0.1, -0.05) is 0 Å². The molecular formula is C5H12NO4P. The van der Waals surface area contributed by atoms with Crippen LogP contribution in [0.1, 0.15) is 13.8 Å². The van der Waals surface area contributed by atoms with E-state index < -0.39 is 20.2 Å². The standard InChI is InChI=1S/C5H12NO4P/c1-3-10-5(7)4(2)6-11(8)9/h4,11H,3H2,1-2H3,(H2,6,8,9). The smallest absolute Gasteiger partial charge is 0.323 e. The van der Waals surface area contributed by atoms with E-state index in [9.17, 15) is 9.36 Å². The van der Waals surface area contributed by atoms with Crippen molar-refractivity contribution in [3.05, 3.63) is 0 Å². The fourth-order valence-electron chi connectivity index (χ4n) is 0.511. The molecule has 0 fully saturated rings. The molecule has 0 rings (SSSR count). The first-order valence-corrected chi connectivity index (χ1v) is 4.59. The van der Waals surface area contributed by atoms with E-state index in [0.717, 1.165) is 0 Å². The molecule has 0 aromatic carbocycles. The van der Waals surface area contributed by atoms with Crippen LogP contribution in [-0.4, -0.2) is 23.5 Å².